The van der Waals surface area contributed by atoms with E-state index in [0.29, 0.717) is 22.9 Å². The molecule has 1 heterocycles. The number of hydrogen-bond donors (Lipinski definition) is 2. The molecule has 0 spiro atoms. The van der Waals surface area contributed by atoms with Crippen LogP contribution >= 0.6 is 0 Å². The minimum atomic E-state index is -0.232. The van der Waals surface area contributed by atoms with Gasteiger partial charge < -0.3 is 14.8 Å². The molecular formula is C14H17N3O3. The zero-order valence-electron chi connectivity index (χ0n) is 11.7. The number of aryl methyl sites for hydroxylation is 1. The molecule has 2 N–H and O–H groups in total. The van der Waals surface area contributed by atoms with Crippen LogP contribution in [0.2, 0.25) is 0 Å². The van der Waals surface area contributed by atoms with Gasteiger partial charge in [-0.1, -0.05) is 6.92 Å². The molecule has 2 aromatic rings. The van der Waals surface area contributed by atoms with Crippen molar-refractivity contribution in [3.05, 3.63) is 35.5 Å². The van der Waals surface area contributed by atoms with Gasteiger partial charge in [-0.3, -0.25) is 9.89 Å². The van der Waals surface area contributed by atoms with Gasteiger partial charge in [-0.25, -0.2) is 0 Å². The highest BCUT2D eigenvalue weighted by Crippen LogP contribution is 2.27. The molecule has 0 saturated heterocycles. The maximum Gasteiger partial charge on any atom is 0.256 e. The lowest BCUT2D eigenvalue weighted by Crippen LogP contribution is -2.13. The third kappa shape index (κ3) is 2.74. The van der Waals surface area contributed by atoms with E-state index in [9.17, 15) is 4.79 Å². The molecule has 0 aliphatic carbocycles. The number of amides is 1. The molecule has 0 radical (unpaired) electrons. The van der Waals surface area contributed by atoms with Gasteiger partial charge in [-0.2, -0.15) is 5.10 Å². The van der Waals surface area contributed by atoms with E-state index >= 15 is 0 Å². The molecule has 1 amide bonds. The Bertz CT molecular complexity index is 607. The molecule has 6 heteroatoms. The van der Waals surface area contributed by atoms with E-state index in [0.717, 1.165) is 12.0 Å². The van der Waals surface area contributed by atoms with Gasteiger partial charge in [0, 0.05) is 11.1 Å². The first-order valence-electron chi connectivity index (χ1n) is 6.25. The van der Waals surface area contributed by atoms with Gasteiger partial charge in [0.25, 0.3) is 5.91 Å². The van der Waals surface area contributed by atoms with Gasteiger partial charge in [0.1, 0.15) is 5.82 Å². The van der Waals surface area contributed by atoms with Crippen molar-refractivity contribution >= 4 is 11.7 Å². The lowest BCUT2D eigenvalue weighted by atomic mass is 10.2. The van der Waals surface area contributed by atoms with Crippen molar-refractivity contribution in [3.8, 4) is 11.5 Å². The Labute approximate surface area is 117 Å². The second-order valence-corrected chi connectivity index (χ2v) is 4.15. The number of nitrogens with zero attached hydrogens (tertiary/aromatic N) is 1. The molecule has 0 saturated carbocycles. The van der Waals surface area contributed by atoms with Crippen molar-refractivity contribution in [1.82, 2.24) is 10.2 Å². The van der Waals surface area contributed by atoms with Crippen LogP contribution < -0.4 is 14.8 Å². The maximum atomic E-state index is 12.2. The Morgan fingerprint density at radius 1 is 1.30 bits per heavy atom. The Balaban J connectivity index is 2.21. The lowest BCUT2D eigenvalue weighted by Gasteiger charge is -2.09. The smallest absolute Gasteiger partial charge is 0.256 e. The summed E-state index contributed by atoms with van der Waals surface area (Å²) in [5.41, 5.74) is 1.44. The first kappa shape index (κ1) is 13.9. The standard InChI is InChI=1S/C14H17N3O3/c1-4-9-8-15-17-13(9)16-14(18)10-5-6-11(19-2)12(7-10)20-3/h5-8H,4H2,1-3H3,(H2,15,16,17,18). The molecule has 0 bridgehead atoms. The lowest BCUT2D eigenvalue weighted by molar-refractivity contribution is 0.102. The predicted molar refractivity (Wildman–Crippen MR) is 75.5 cm³/mol. The van der Waals surface area contributed by atoms with Crippen LogP contribution in [0.3, 0.4) is 0 Å². The highest BCUT2D eigenvalue weighted by atomic mass is 16.5. The fourth-order valence-electron chi connectivity index (χ4n) is 1.85. The highest BCUT2D eigenvalue weighted by Gasteiger charge is 2.13. The molecule has 106 valence electrons. The number of aromatic amines is 1. The zero-order valence-corrected chi connectivity index (χ0v) is 11.7. The van der Waals surface area contributed by atoms with Crippen molar-refractivity contribution in [3.63, 3.8) is 0 Å². The highest BCUT2D eigenvalue weighted by molar-refractivity contribution is 6.04. The van der Waals surface area contributed by atoms with Gasteiger partial charge >= 0.3 is 0 Å². The van der Waals surface area contributed by atoms with E-state index < -0.39 is 0 Å². The summed E-state index contributed by atoms with van der Waals surface area (Å²) in [6.07, 6.45) is 2.49. The maximum absolute atomic E-state index is 12.2. The quantitative estimate of drug-likeness (QED) is 0.877. The molecule has 0 aliphatic heterocycles. The average molecular weight is 275 g/mol. The third-order valence-electron chi connectivity index (χ3n) is 2.98. The number of hydrogen-bond acceptors (Lipinski definition) is 4. The summed E-state index contributed by atoms with van der Waals surface area (Å²) in [6, 6.07) is 5.01. The minimum Gasteiger partial charge on any atom is -0.493 e. The number of carbonyl (C=O) groups is 1. The number of rotatable bonds is 5. The fourth-order valence-corrected chi connectivity index (χ4v) is 1.85. The van der Waals surface area contributed by atoms with Crippen LogP contribution in [-0.4, -0.2) is 30.3 Å². The van der Waals surface area contributed by atoms with Crippen molar-refractivity contribution in [2.75, 3.05) is 19.5 Å². The van der Waals surface area contributed by atoms with Gasteiger partial charge in [0.15, 0.2) is 11.5 Å². The van der Waals surface area contributed by atoms with Crippen molar-refractivity contribution in [1.29, 1.82) is 0 Å². The summed E-state index contributed by atoms with van der Waals surface area (Å²) in [4.78, 5) is 12.2. The second-order valence-electron chi connectivity index (χ2n) is 4.15. The molecule has 0 unspecified atom stereocenters. The summed E-state index contributed by atoms with van der Waals surface area (Å²) >= 11 is 0. The SMILES string of the molecule is CCc1cn[nH]c1NC(=O)c1ccc(OC)c(OC)c1. The number of benzene rings is 1. The average Bonchev–Trinajstić information content (AvgIpc) is 2.93. The molecule has 20 heavy (non-hydrogen) atoms. The molecule has 0 fully saturated rings. The number of anilines is 1. The second kappa shape index (κ2) is 6.10. The molecule has 1 aromatic carbocycles. The summed E-state index contributed by atoms with van der Waals surface area (Å²) in [7, 11) is 3.08. The third-order valence-corrected chi connectivity index (χ3v) is 2.98. The van der Waals surface area contributed by atoms with Crippen LogP contribution in [0.5, 0.6) is 11.5 Å². The molecule has 6 nitrogen and oxygen atoms in total. The van der Waals surface area contributed by atoms with E-state index in [4.69, 9.17) is 9.47 Å². The number of nitrogens with one attached hydrogen (secondary N) is 2. The summed E-state index contributed by atoms with van der Waals surface area (Å²) in [5.74, 6) is 1.48. The van der Waals surface area contributed by atoms with Crippen LogP contribution in [0.15, 0.2) is 24.4 Å². The Kier molecular flexibility index (Phi) is 4.24. The Hall–Kier alpha value is -2.50. The summed E-state index contributed by atoms with van der Waals surface area (Å²) < 4.78 is 10.3. The Morgan fingerprint density at radius 3 is 2.70 bits per heavy atom. The predicted octanol–water partition coefficient (Wildman–Crippen LogP) is 2.24. The van der Waals surface area contributed by atoms with Gasteiger partial charge in [0.2, 0.25) is 0 Å². The normalized spacial score (nSPS) is 10.2. The largest absolute Gasteiger partial charge is 0.493 e. The fraction of sp³-hybridized carbons (Fsp3) is 0.286. The molecule has 1 aromatic heterocycles. The summed E-state index contributed by atoms with van der Waals surface area (Å²) in [5, 5.41) is 9.48. The molecular weight excluding hydrogens is 258 g/mol. The van der Waals surface area contributed by atoms with Gasteiger partial charge in [-0.05, 0) is 24.6 Å². The number of H-pyrrole nitrogens is 1. The van der Waals surface area contributed by atoms with E-state index in [1.54, 1.807) is 31.5 Å². The van der Waals surface area contributed by atoms with Crippen molar-refractivity contribution < 1.29 is 14.3 Å². The first-order valence-corrected chi connectivity index (χ1v) is 6.25. The van der Waals surface area contributed by atoms with Gasteiger partial charge in [-0.15, -0.1) is 0 Å². The van der Waals surface area contributed by atoms with Crippen LogP contribution in [-0.2, 0) is 6.42 Å². The summed E-state index contributed by atoms with van der Waals surface area (Å²) in [6.45, 7) is 2.00. The van der Waals surface area contributed by atoms with Crippen LogP contribution in [0.1, 0.15) is 22.8 Å². The van der Waals surface area contributed by atoms with Crippen LogP contribution in [0.4, 0.5) is 5.82 Å². The van der Waals surface area contributed by atoms with Gasteiger partial charge in [0.05, 0.1) is 20.4 Å². The number of methoxy groups -OCH3 is 2. The minimum absolute atomic E-state index is 0.232. The molecule has 0 aliphatic rings. The molecule has 0 atom stereocenters. The van der Waals surface area contributed by atoms with E-state index in [1.807, 2.05) is 6.92 Å². The van der Waals surface area contributed by atoms with E-state index in [2.05, 4.69) is 15.5 Å². The van der Waals surface area contributed by atoms with E-state index in [1.165, 1.54) is 7.11 Å². The van der Waals surface area contributed by atoms with Crippen molar-refractivity contribution in [2.45, 2.75) is 13.3 Å². The van der Waals surface area contributed by atoms with Crippen LogP contribution in [0, 0.1) is 0 Å². The topological polar surface area (TPSA) is 76.2 Å². The number of aromatic nitrogens is 2. The monoisotopic (exact) mass is 275 g/mol. The number of ether oxygens (including phenoxy) is 2. The van der Waals surface area contributed by atoms with Crippen molar-refractivity contribution in [2.24, 2.45) is 0 Å². The number of carbonyl (C=O) groups excluding carboxylic acids is 1. The molecule has 2 rings (SSSR count). The zero-order chi connectivity index (χ0) is 14.5. The van der Waals surface area contributed by atoms with Crippen LogP contribution in [0.25, 0.3) is 0 Å². The Morgan fingerprint density at radius 2 is 2.05 bits per heavy atom. The van der Waals surface area contributed by atoms with E-state index in [-0.39, 0.29) is 5.91 Å². The first-order chi connectivity index (χ1) is 9.69.